The first-order valence-corrected chi connectivity index (χ1v) is 7.26. The van der Waals surface area contributed by atoms with Crippen molar-refractivity contribution in [3.05, 3.63) is 59.9 Å². The Morgan fingerprint density at radius 2 is 2.10 bits per heavy atom. The van der Waals surface area contributed by atoms with Gasteiger partial charge < -0.3 is 10.5 Å². The Morgan fingerprint density at radius 1 is 1.24 bits per heavy atom. The van der Waals surface area contributed by atoms with E-state index in [4.69, 9.17) is 10.5 Å². The van der Waals surface area contributed by atoms with E-state index in [0.29, 0.717) is 6.54 Å². The Kier molecular flexibility index (Phi) is 5.72. The van der Waals surface area contributed by atoms with Crippen molar-refractivity contribution < 1.29 is 4.74 Å². The minimum absolute atomic E-state index is 0.159. The van der Waals surface area contributed by atoms with Gasteiger partial charge in [0.2, 0.25) is 0 Å². The van der Waals surface area contributed by atoms with Crippen LogP contribution in [0.15, 0.2) is 48.7 Å². The van der Waals surface area contributed by atoms with Crippen molar-refractivity contribution in [3.63, 3.8) is 0 Å². The molecule has 2 aromatic rings. The number of likely N-dealkylation sites (N-methyl/N-ethyl adjacent to an activating group) is 1. The number of ether oxygens (including phenoxy) is 1. The number of nitrogens with two attached hydrogens (primary N) is 1. The number of aromatic nitrogens is 1. The Morgan fingerprint density at radius 3 is 2.71 bits per heavy atom. The predicted molar refractivity (Wildman–Crippen MR) is 85.1 cm³/mol. The van der Waals surface area contributed by atoms with Crippen molar-refractivity contribution in [2.24, 2.45) is 5.73 Å². The Hall–Kier alpha value is -1.91. The van der Waals surface area contributed by atoms with E-state index in [1.807, 2.05) is 36.5 Å². The third-order valence-corrected chi connectivity index (χ3v) is 3.64. The second-order valence-corrected chi connectivity index (χ2v) is 4.91. The summed E-state index contributed by atoms with van der Waals surface area (Å²) in [6, 6.07) is 14.3. The average molecular weight is 285 g/mol. The van der Waals surface area contributed by atoms with Gasteiger partial charge in [0.15, 0.2) is 0 Å². The quantitative estimate of drug-likeness (QED) is 0.849. The van der Waals surface area contributed by atoms with Crippen LogP contribution in [-0.4, -0.2) is 30.1 Å². The van der Waals surface area contributed by atoms with Crippen molar-refractivity contribution in [1.82, 2.24) is 9.88 Å². The molecule has 0 aliphatic carbocycles. The molecular weight excluding hydrogens is 262 g/mol. The summed E-state index contributed by atoms with van der Waals surface area (Å²) in [6.07, 6.45) is 1.83. The Balaban J connectivity index is 2.20. The lowest BCUT2D eigenvalue weighted by Crippen LogP contribution is -2.33. The number of methoxy groups -OCH3 is 1. The van der Waals surface area contributed by atoms with Gasteiger partial charge >= 0.3 is 0 Å². The van der Waals surface area contributed by atoms with Crippen LogP contribution >= 0.6 is 0 Å². The first kappa shape index (κ1) is 15.5. The van der Waals surface area contributed by atoms with Crippen molar-refractivity contribution in [3.8, 4) is 5.75 Å². The molecular formula is C17H23N3O. The molecule has 0 fully saturated rings. The van der Waals surface area contributed by atoms with Gasteiger partial charge in [0.05, 0.1) is 12.8 Å². The molecule has 0 saturated carbocycles. The molecule has 112 valence electrons. The van der Waals surface area contributed by atoms with Gasteiger partial charge in [0.1, 0.15) is 5.75 Å². The molecule has 0 amide bonds. The molecule has 4 nitrogen and oxygen atoms in total. The molecule has 2 rings (SSSR count). The van der Waals surface area contributed by atoms with Gasteiger partial charge in [-0.25, -0.2) is 0 Å². The van der Waals surface area contributed by atoms with Gasteiger partial charge in [-0.2, -0.15) is 0 Å². The molecule has 0 aliphatic heterocycles. The SMILES string of the molecule is CCN(Cc1ccccn1)C(CN)c1cccc(OC)c1. The molecule has 1 aromatic heterocycles. The molecule has 0 bridgehead atoms. The van der Waals surface area contributed by atoms with Crippen LogP contribution in [0.5, 0.6) is 5.75 Å². The normalized spacial score (nSPS) is 12.4. The average Bonchev–Trinajstić information content (AvgIpc) is 2.55. The number of nitrogens with zero attached hydrogens (tertiary/aromatic N) is 2. The maximum atomic E-state index is 6.02. The first-order chi connectivity index (χ1) is 10.3. The van der Waals surface area contributed by atoms with Crippen LogP contribution in [0.2, 0.25) is 0 Å². The van der Waals surface area contributed by atoms with E-state index in [1.165, 1.54) is 5.56 Å². The lowest BCUT2D eigenvalue weighted by Gasteiger charge is -2.30. The summed E-state index contributed by atoms with van der Waals surface area (Å²) in [6.45, 7) is 4.41. The zero-order valence-corrected chi connectivity index (χ0v) is 12.7. The Labute approximate surface area is 126 Å². The number of pyridine rings is 1. The van der Waals surface area contributed by atoms with Gasteiger partial charge in [-0.3, -0.25) is 9.88 Å². The van der Waals surface area contributed by atoms with Gasteiger partial charge in [-0.1, -0.05) is 25.1 Å². The smallest absolute Gasteiger partial charge is 0.119 e. The van der Waals surface area contributed by atoms with Crippen LogP contribution < -0.4 is 10.5 Å². The maximum absolute atomic E-state index is 6.02. The summed E-state index contributed by atoms with van der Waals surface area (Å²) in [5, 5.41) is 0. The lowest BCUT2D eigenvalue weighted by molar-refractivity contribution is 0.200. The molecule has 1 unspecified atom stereocenters. The minimum atomic E-state index is 0.159. The number of hydrogen-bond acceptors (Lipinski definition) is 4. The van der Waals surface area contributed by atoms with Crippen LogP contribution in [0.1, 0.15) is 24.2 Å². The van der Waals surface area contributed by atoms with E-state index in [2.05, 4.69) is 28.9 Å². The van der Waals surface area contributed by atoms with Crippen molar-refractivity contribution in [1.29, 1.82) is 0 Å². The van der Waals surface area contributed by atoms with Crippen LogP contribution in [0.4, 0.5) is 0 Å². The van der Waals surface area contributed by atoms with Gasteiger partial charge in [-0.05, 0) is 36.4 Å². The molecule has 0 radical (unpaired) electrons. The summed E-state index contributed by atoms with van der Waals surface area (Å²) in [7, 11) is 1.68. The molecule has 4 heteroatoms. The molecule has 0 aliphatic rings. The number of hydrogen-bond donors (Lipinski definition) is 1. The summed E-state index contributed by atoms with van der Waals surface area (Å²) in [4.78, 5) is 6.73. The molecule has 21 heavy (non-hydrogen) atoms. The molecule has 0 saturated heterocycles. The standard InChI is InChI=1S/C17H23N3O/c1-3-20(13-15-8-4-5-10-19-15)17(12-18)14-7-6-9-16(11-14)21-2/h4-11,17H,3,12-13,18H2,1-2H3. The fourth-order valence-electron chi connectivity index (χ4n) is 2.49. The molecule has 1 atom stereocenters. The first-order valence-electron chi connectivity index (χ1n) is 7.26. The second kappa shape index (κ2) is 7.76. The van der Waals surface area contributed by atoms with E-state index in [0.717, 1.165) is 24.5 Å². The number of benzene rings is 1. The van der Waals surface area contributed by atoms with Crippen LogP contribution in [0, 0.1) is 0 Å². The highest BCUT2D eigenvalue weighted by Gasteiger charge is 2.18. The van der Waals surface area contributed by atoms with Crippen LogP contribution in [-0.2, 0) is 6.54 Å². The van der Waals surface area contributed by atoms with Crippen molar-refractivity contribution in [2.45, 2.75) is 19.5 Å². The molecule has 2 N–H and O–H groups in total. The van der Waals surface area contributed by atoms with E-state index >= 15 is 0 Å². The van der Waals surface area contributed by atoms with E-state index < -0.39 is 0 Å². The zero-order valence-electron chi connectivity index (χ0n) is 12.7. The molecule has 0 spiro atoms. The third-order valence-electron chi connectivity index (χ3n) is 3.64. The van der Waals surface area contributed by atoms with E-state index in [9.17, 15) is 0 Å². The van der Waals surface area contributed by atoms with Crippen molar-refractivity contribution in [2.75, 3.05) is 20.2 Å². The minimum Gasteiger partial charge on any atom is -0.497 e. The van der Waals surface area contributed by atoms with Crippen LogP contribution in [0.3, 0.4) is 0 Å². The lowest BCUT2D eigenvalue weighted by atomic mass is 10.0. The highest BCUT2D eigenvalue weighted by molar-refractivity contribution is 5.31. The van der Waals surface area contributed by atoms with Crippen LogP contribution in [0.25, 0.3) is 0 Å². The monoisotopic (exact) mass is 285 g/mol. The molecule has 1 heterocycles. The van der Waals surface area contributed by atoms with E-state index in [-0.39, 0.29) is 6.04 Å². The summed E-state index contributed by atoms with van der Waals surface area (Å²) < 4.78 is 5.31. The van der Waals surface area contributed by atoms with Gasteiger partial charge in [-0.15, -0.1) is 0 Å². The summed E-state index contributed by atoms with van der Waals surface area (Å²) >= 11 is 0. The van der Waals surface area contributed by atoms with E-state index in [1.54, 1.807) is 7.11 Å². The summed E-state index contributed by atoms with van der Waals surface area (Å²) in [5.74, 6) is 0.861. The predicted octanol–water partition coefficient (Wildman–Crippen LogP) is 2.61. The maximum Gasteiger partial charge on any atom is 0.119 e. The fourth-order valence-corrected chi connectivity index (χ4v) is 2.49. The van der Waals surface area contributed by atoms with Crippen molar-refractivity contribution >= 4 is 0 Å². The second-order valence-electron chi connectivity index (χ2n) is 4.91. The molecule has 1 aromatic carbocycles. The highest BCUT2D eigenvalue weighted by Crippen LogP contribution is 2.24. The highest BCUT2D eigenvalue weighted by atomic mass is 16.5. The third kappa shape index (κ3) is 4.03. The van der Waals surface area contributed by atoms with Gasteiger partial charge in [0.25, 0.3) is 0 Å². The zero-order chi connectivity index (χ0) is 15.1. The Bertz CT molecular complexity index is 545. The largest absolute Gasteiger partial charge is 0.497 e. The summed E-state index contributed by atoms with van der Waals surface area (Å²) in [5.41, 5.74) is 8.26. The fraction of sp³-hybridized carbons (Fsp3) is 0.353. The van der Waals surface area contributed by atoms with Gasteiger partial charge in [0, 0.05) is 25.3 Å². The number of rotatable bonds is 7. The topological polar surface area (TPSA) is 51.4 Å².